The molecule has 0 radical (unpaired) electrons. The van der Waals surface area contributed by atoms with Crippen molar-refractivity contribution in [3.63, 3.8) is 0 Å². The van der Waals surface area contributed by atoms with Crippen LogP contribution < -0.4 is 4.74 Å². The van der Waals surface area contributed by atoms with E-state index in [-0.39, 0.29) is 5.75 Å². The Balaban J connectivity index is 1.96. The van der Waals surface area contributed by atoms with E-state index in [2.05, 4.69) is 0 Å². The Kier molecular flexibility index (Phi) is 6.30. The second kappa shape index (κ2) is 8.09. The number of rotatable bonds is 7. The Morgan fingerprint density at radius 3 is 2.31 bits per heavy atom. The quantitative estimate of drug-likeness (QED) is 0.671. The Bertz CT molecular complexity index is 830. The smallest absolute Gasteiger partial charge is 0.416 e. The second-order valence-corrected chi connectivity index (χ2v) is 7.82. The maximum absolute atomic E-state index is 12.6. The monoisotopic (exact) mass is 388 g/mol. The lowest BCUT2D eigenvalue weighted by Gasteiger charge is -2.11. The number of hydrogen-bond acceptors (Lipinski definition) is 3. The average Bonchev–Trinajstić information content (AvgIpc) is 2.54. The molecule has 0 amide bonds. The first-order valence-electron chi connectivity index (χ1n) is 7.96. The van der Waals surface area contributed by atoms with Crippen LogP contribution in [0.25, 0.3) is 0 Å². The molecule has 0 saturated heterocycles. The summed E-state index contributed by atoms with van der Waals surface area (Å²) in [5.41, 5.74) is 0.156. The van der Waals surface area contributed by atoms with Gasteiger partial charge in [0.25, 0.3) is 10.1 Å². The molecule has 4 nitrogen and oxygen atoms in total. The van der Waals surface area contributed by atoms with E-state index in [1.807, 2.05) is 6.07 Å². The van der Waals surface area contributed by atoms with Crippen LogP contribution in [0, 0.1) is 0 Å². The highest BCUT2D eigenvalue weighted by molar-refractivity contribution is 7.86. The standard InChI is InChI=1S/C18H19F3O4S/c1-13(26(22,23)24)4-2-5-14-6-3-7-17(12-14)25-16-10-8-15(9-11-16)18(19,20)21/h3,6-13H,2,4-5H2,1H3,(H,22,23,24). The van der Waals surface area contributed by atoms with Gasteiger partial charge in [-0.05, 0) is 68.1 Å². The molecule has 8 heteroatoms. The van der Waals surface area contributed by atoms with E-state index in [0.29, 0.717) is 25.0 Å². The Morgan fingerprint density at radius 1 is 1.08 bits per heavy atom. The number of alkyl halides is 3. The van der Waals surface area contributed by atoms with E-state index in [4.69, 9.17) is 9.29 Å². The first-order valence-corrected chi connectivity index (χ1v) is 9.46. The van der Waals surface area contributed by atoms with Crippen molar-refractivity contribution >= 4 is 10.1 Å². The summed E-state index contributed by atoms with van der Waals surface area (Å²) in [4.78, 5) is 0. The van der Waals surface area contributed by atoms with Crippen LogP contribution >= 0.6 is 0 Å². The largest absolute Gasteiger partial charge is 0.457 e. The van der Waals surface area contributed by atoms with E-state index in [1.165, 1.54) is 19.1 Å². The SMILES string of the molecule is CC(CCCc1cccc(Oc2ccc(C(F)(F)F)cc2)c1)S(=O)(=O)O. The molecule has 26 heavy (non-hydrogen) atoms. The summed E-state index contributed by atoms with van der Waals surface area (Å²) < 4.78 is 74.1. The molecule has 0 spiro atoms. The molecule has 2 aromatic rings. The zero-order chi connectivity index (χ0) is 19.4. The summed E-state index contributed by atoms with van der Waals surface area (Å²) in [7, 11) is -4.02. The first-order chi connectivity index (χ1) is 12.1. The van der Waals surface area contributed by atoms with Crippen molar-refractivity contribution in [2.24, 2.45) is 0 Å². The van der Waals surface area contributed by atoms with Gasteiger partial charge in [-0.15, -0.1) is 0 Å². The summed E-state index contributed by atoms with van der Waals surface area (Å²) in [5.74, 6) is 0.764. The lowest BCUT2D eigenvalue weighted by atomic mass is 10.1. The lowest BCUT2D eigenvalue weighted by Crippen LogP contribution is -2.16. The molecule has 142 valence electrons. The zero-order valence-corrected chi connectivity index (χ0v) is 14.8. The van der Waals surface area contributed by atoms with Crippen LogP contribution in [-0.2, 0) is 22.7 Å². The van der Waals surface area contributed by atoms with Crippen LogP contribution in [0.15, 0.2) is 48.5 Å². The van der Waals surface area contributed by atoms with E-state index >= 15 is 0 Å². The van der Waals surface area contributed by atoms with Gasteiger partial charge in [-0.3, -0.25) is 4.55 Å². The third-order valence-electron chi connectivity index (χ3n) is 3.90. The fourth-order valence-electron chi connectivity index (χ4n) is 2.36. The zero-order valence-electron chi connectivity index (χ0n) is 14.0. The summed E-state index contributed by atoms with van der Waals surface area (Å²) in [6.07, 6.45) is -2.92. The molecule has 0 fully saturated rings. The van der Waals surface area contributed by atoms with Gasteiger partial charge < -0.3 is 4.74 Å². The summed E-state index contributed by atoms with van der Waals surface area (Å²) in [6, 6.07) is 11.4. The van der Waals surface area contributed by atoms with Crippen LogP contribution in [0.4, 0.5) is 13.2 Å². The average molecular weight is 388 g/mol. The number of aryl methyl sites for hydroxylation is 1. The third-order valence-corrected chi connectivity index (χ3v) is 5.15. The van der Waals surface area contributed by atoms with Gasteiger partial charge in [0.05, 0.1) is 10.8 Å². The van der Waals surface area contributed by atoms with E-state index < -0.39 is 27.1 Å². The van der Waals surface area contributed by atoms with Gasteiger partial charge in [0, 0.05) is 0 Å². The van der Waals surface area contributed by atoms with Gasteiger partial charge in [-0.25, -0.2) is 0 Å². The topological polar surface area (TPSA) is 63.6 Å². The number of benzene rings is 2. The minimum Gasteiger partial charge on any atom is -0.457 e. The van der Waals surface area contributed by atoms with Crippen molar-refractivity contribution in [1.82, 2.24) is 0 Å². The Hall–Kier alpha value is -2.06. The highest BCUT2D eigenvalue weighted by atomic mass is 32.2. The van der Waals surface area contributed by atoms with Crippen molar-refractivity contribution in [2.75, 3.05) is 0 Å². The Morgan fingerprint density at radius 2 is 1.73 bits per heavy atom. The van der Waals surface area contributed by atoms with Crippen molar-refractivity contribution in [2.45, 2.75) is 37.6 Å². The molecule has 0 aliphatic rings. The highest BCUT2D eigenvalue weighted by Gasteiger charge is 2.30. The van der Waals surface area contributed by atoms with Gasteiger partial charge >= 0.3 is 6.18 Å². The number of halogens is 3. The van der Waals surface area contributed by atoms with Crippen molar-refractivity contribution in [3.8, 4) is 11.5 Å². The number of hydrogen-bond donors (Lipinski definition) is 1. The molecule has 1 N–H and O–H groups in total. The van der Waals surface area contributed by atoms with E-state index in [9.17, 15) is 21.6 Å². The first kappa shape index (κ1) is 20.3. The minimum atomic E-state index is -4.39. The third kappa shape index (κ3) is 6.03. The fourth-order valence-corrected chi connectivity index (χ4v) is 2.82. The van der Waals surface area contributed by atoms with Crippen LogP contribution in [0.3, 0.4) is 0 Å². The molecule has 1 unspecified atom stereocenters. The van der Waals surface area contributed by atoms with Gasteiger partial charge in [0.1, 0.15) is 11.5 Å². The molecule has 0 heterocycles. The van der Waals surface area contributed by atoms with Crippen LogP contribution in [-0.4, -0.2) is 18.2 Å². The molecule has 0 aliphatic carbocycles. The highest BCUT2D eigenvalue weighted by Crippen LogP contribution is 2.31. The molecule has 0 aromatic heterocycles. The maximum Gasteiger partial charge on any atom is 0.416 e. The molecule has 0 bridgehead atoms. The fraction of sp³-hybridized carbons (Fsp3) is 0.333. The summed E-state index contributed by atoms with van der Waals surface area (Å²) in [6.45, 7) is 1.44. The molecular formula is C18H19F3O4S. The number of ether oxygens (including phenoxy) is 1. The van der Waals surface area contributed by atoms with Gasteiger partial charge in [0.2, 0.25) is 0 Å². The Labute approximate surface area is 150 Å². The van der Waals surface area contributed by atoms with Crippen LogP contribution in [0.2, 0.25) is 0 Å². The molecule has 2 rings (SSSR count). The van der Waals surface area contributed by atoms with E-state index in [0.717, 1.165) is 17.7 Å². The van der Waals surface area contributed by atoms with Gasteiger partial charge in [-0.2, -0.15) is 21.6 Å². The second-order valence-electron chi connectivity index (χ2n) is 5.99. The van der Waals surface area contributed by atoms with Crippen molar-refractivity contribution < 1.29 is 30.9 Å². The molecule has 2 aromatic carbocycles. The minimum absolute atomic E-state index is 0.287. The molecule has 0 saturated carbocycles. The summed E-state index contributed by atoms with van der Waals surface area (Å²) in [5, 5.41) is -0.825. The van der Waals surface area contributed by atoms with Crippen molar-refractivity contribution in [1.29, 1.82) is 0 Å². The van der Waals surface area contributed by atoms with Crippen molar-refractivity contribution in [3.05, 3.63) is 59.7 Å². The molecule has 1 atom stereocenters. The molecular weight excluding hydrogens is 369 g/mol. The summed E-state index contributed by atoms with van der Waals surface area (Å²) >= 11 is 0. The van der Waals surface area contributed by atoms with Crippen LogP contribution in [0.5, 0.6) is 11.5 Å². The normalized spacial score (nSPS) is 13.4. The predicted molar refractivity (Wildman–Crippen MR) is 91.9 cm³/mol. The molecule has 0 aliphatic heterocycles. The maximum atomic E-state index is 12.6. The lowest BCUT2D eigenvalue weighted by molar-refractivity contribution is -0.137. The van der Waals surface area contributed by atoms with E-state index in [1.54, 1.807) is 18.2 Å². The van der Waals surface area contributed by atoms with Gasteiger partial charge in [0.15, 0.2) is 0 Å². The van der Waals surface area contributed by atoms with Crippen LogP contribution in [0.1, 0.15) is 30.9 Å². The van der Waals surface area contributed by atoms with Gasteiger partial charge in [-0.1, -0.05) is 12.1 Å². The predicted octanol–water partition coefficient (Wildman–Crippen LogP) is 5.10.